The lowest BCUT2D eigenvalue weighted by atomic mass is 10.1. The molecule has 0 atom stereocenters. The molecule has 0 amide bonds. The van der Waals surface area contributed by atoms with E-state index < -0.39 is 16.7 Å². The minimum Gasteiger partial charge on any atom is -0.258 e. The maximum atomic E-state index is 12.5. The molecule has 0 aliphatic rings. The minimum absolute atomic E-state index is 0.0587. The van der Waals surface area contributed by atoms with Crippen LogP contribution < -0.4 is 0 Å². The number of non-ortho nitro benzene ring substituents is 1. The minimum atomic E-state index is -4.54. The number of benzene rings is 1. The van der Waals surface area contributed by atoms with Gasteiger partial charge in [-0.05, 0) is 6.07 Å². The molecule has 0 N–H and O–H groups in total. The van der Waals surface area contributed by atoms with Crippen LogP contribution in [-0.4, -0.2) is 9.91 Å². The Balaban J connectivity index is 2.49. The van der Waals surface area contributed by atoms with Gasteiger partial charge in [-0.1, -0.05) is 23.7 Å². The first-order chi connectivity index (χ1) is 9.29. The maximum Gasteiger partial charge on any atom is 0.417 e. The van der Waals surface area contributed by atoms with Crippen molar-refractivity contribution in [2.45, 2.75) is 6.18 Å². The number of nitro benzene ring substituents is 1. The van der Waals surface area contributed by atoms with Crippen LogP contribution in [0, 0.1) is 10.1 Å². The number of halogens is 4. The van der Waals surface area contributed by atoms with E-state index in [0.717, 1.165) is 6.07 Å². The first-order valence-corrected chi connectivity index (χ1v) is 5.64. The van der Waals surface area contributed by atoms with E-state index in [1.54, 1.807) is 0 Å². The maximum absolute atomic E-state index is 12.5. The van der Waals surface area contributed by atoms with Gasteiger partial charge in [0.2, 0.25) is 0 Å². The van der Waals surface area contributed by atoms with Crippen molar-refractivity contribution in [3.63, 3.8) is 0 Å². The fraction of sp³-hybridized carbons (Fsp3) is 0.0833. The van der Waals surface area contributed by atoms with Gasteiger partial charge >= 0.3 is 6.18 Å². The van der Waals surface area contributed by atoms with E-state index in [4.69, 9.17) is 11.6 Å². The van der Waals surface area contributed by atoms with E-state index in [9.17, 15) is 23.3 Å². The van der Waals surface area contributed by atoms with Crippen molar-refractivity contribution in [3.05, 3.63) is 57.2 Å². The summed E-state index contributed by atoms with van der Waals surface area (Å²) in [6, 6.07) is 6.09. The summed E-state index contributed by atoms with van der Waals surface area (Å²) in [6.45, 7) is 0. The average Bonchev–Trinajstić information content (AvgIpc) is 2.37. The van der Waals surface area contributed by atoms with Crippen LogP contribution in [-0.2, 0) is 6.18 Å². The second-order valence-electron chi connectivity index (χ2n) is 3.86. The first-order valence-electron chi connectivity index (χ1n) is 5.26. The van der Waals surface area contributed by atoms with E-state index in [0.29, 0.717) is 6.20 Å². The lowest BCUT2D eigenvalue weighted by Gasteiger charge is -2.09. The Kier molecular flexibility index (Phi) is 3.63. The molecule has 0 aliphatic carbocycles. The summed E-state index contributed by atoms with van der Waals surface area (Å²) in [6.07, 6.45) is -3.90. The van der Waals surface area contributed by atoms with Crippen molar-refractivity contribution < 1.29 is 18.1 Å². The molecule has 8 heteroatoms. The molecule has 0 bridgehead atoms. The summed E-state index contributed by atoms with van der Waals surface area (Å²) in [5.41, 5.74) is -0.835. The second kappa shape index (κ2) is 5.09. The monoisotopic (exact) mass is 302 g/mol. The second-order valence-corrected chi connectivity index (χ2v) is 4.27. The normalized spacial score (nSPS) is 11.4. The standard InChI is InChI=1S/C12H6ClF3N2O2/c13-10-5-8(12(14,15)16)6-17-11(10)7-2-1-3-9(4-7)18(19)20/h1-6H. The van der Waals surface area contributed by atoms with Crippen molar-refractivity contribution in [1.82, 2.24) is 4.98 Å². The van der Waals surface area contributed by atoms with Crippen LogP contribution in [0.25, 0.3) is 11.3 Å². The molecule has 0 aliphatic heterocycles. The molecule has 4 nitrogen and oxygen atoms in total. The van der Waals surface area contributed by atoms with E-state index in [1.807, 2.05) is 0 Å². The van der Waals surface area contributed by atoms with Gasteiger partial charge in [0.1, 0.15) is 0 Å². The molecule has 0 saturated heterocycles. The summed E-state index contributed by atoms with van der Waals surface area (Å²) in [5.74, 6) is 0. The Morgan fingerprint density at radius 2 is 1.95 bits per heavy atom. The third kappa shape index (κ3) is 2.88. The number of hydrogen-bond donors (Lipinski definition) is 0. The number of nitro groups is 1. The molecule has 1 aromatic heterocycles. The third-order valence-corrected chi connectivity index (χ3v) is 2.79. The number of nitrogens with zero attached hydrogens (tertiary/aromatic N) is 2. The van der Waals surface area contributed by atoms with Crippen molar-refractivity contribution >= 4 is 17.3 Å². The molecule has 0 saturated carbocycles. The fourth-order valence-electron chi connectivity index (χ4n) is 1.57. The Hall–Kier alpha value is -2.15. The van der Waals surface area contributed by atoms with Crippen molar-refractivity contribution in [1.29, 1.82) is 0 Å². The highest BCUT2D eigenvalue weighted by atomic mass is 35.5. The molecule has 1 heterocycles. The number of alkyl halides is 3. The van der Waals surface area contributed by atoms with Gasteiger partial charge in [0, 0.05) is 23.9 Å². The van der Waals surface area contributed by atoms with Crippen LogP contribution in [0.2, 0.25) is 5.02 Å². The Morgan fingerprint density at radius 1 is 1.25 bits per heavy atom. The predicted octanol–water partition coefficient (Wildman–Crippen LogP) is 4.33. The van der Waals surface area contributed by atoms with E-state index in [2.05, 4.69) is 4.98 Å². The summed E-state index contributed by atoms with van der Waals surface area (Å²) in [7, 11) is 0. The zero-order chi connectivity index (χ0) is 14.9. The number of pyridine rings is 1. The van der Waals surface area contributed by atoms with Crippen LogP contribution >= 0.6 is 11.6 Å². The number of rotatable bonds is 2. The highest BCUT2D eigenvalue weighted by Crippen LogP contribution is 2.34. The Bertz CT molecular complexity index is 674. The van der Waals surface area contributed by atoms with Crippen LogP contribution in [0.3, 0.4) is 0 Å². The lowest BCUT2D eigenvalue weighted by molar-refractivity contribution is -0.384. The van der Waals surface area contributed by atoms with Crippen molar-refractivity contribution in [2.24, 2.45) is 0 Å². The zero-order valence-electron chi connectivity index (χ0n) is 9.69. The summed E-state index contributed by atoms with van der Waals surface area (Å²) in [5, 5.41) is 10.4. The smallest absolute Gasteiger partial charge is 0.258 e. The lowest BCUT2D eigenvalue weighted by Crippen LogP contribution is -2.05. The van der Waals surface area contributed by atoms with Gasteiger partial charge in [-0.2, -0.15) is 13.2 Å². The van der Waals surface area contributed by atoms with Gasteiger partial charge in [-0.3, -0.25) is 15.1 Å². The number of aromatic nitrogens is 1. The van der Waals surface area contributed by atoms with E-state index in [-0.39, 0.29) is 22.0 Å². The van der Waals surface area contributed by atoms with Gasteiger partial charge in [0.05, 0.1) is 21.2 Å². The molecule has 1 aromatic carbocycles. The van der Waals surface area contributed by atoms with Gasteiger partial charge in [0.15, 0.2) is 0 Å². The quantitative estimate of drug-likeness (QED) is 0.613. The predicted molar refractivity (Wildman–Crippen MR) is 66.3 cm³/mol. The summed E-state index contributed by atoms with van der Waals surface area (Å²) in [4.78, 5) is 13.7. The molecule has 104 valence electrons. The number of hydrogen-bond acceptors (Lipinski definition) is 3. The molecular formula is C12H6ClF3N2O2. The van der Waals surface area contributed by atoms with Crippen molar-refractivity contribution in [2.75, 3.05) is 0 Å². The molecule has 0 unspecified atom stereocenters. The summed E-state index contributed by atoms with van der Waals surface area (Å²) < 4.78 is 37.5. The molecular weight excluding hydrogens is 297 g/mol. The molecule has 0 fully saturated rings. The molecule has 0 radical (unpaired) electrons. The first kappa shape index (κ1) is 14.3. The van der Waals surface area contributed by atoms with Gasteiger partial charge in [-0.25, -0.2) is 0 Å². The van der Waals surface area contributed by atoms with Crippen LogP contribution in [0.5, 0.6) is 0 Å². The molecule has 2 rings (SSSR count). The van der Waals surface area contributed by atoms with Crippen LogP contribution in [0.1, 0.15) is 5.56 Å². The van der Waals surface area contributed by atoms with Gasteiger partial charge in [-0.15, -0.1) is 0 Å². The van der Waals surface area contributed by atoms with Crippen LogP contribution in [0.15, 0.2) is 36.5 Å². The zero-order valence-corrected chi connectivity index (χ0v) is 10.4. The molecule has 0 spiro atoms. The molecule has 2 aromatic rings. The van der Waals surface area contributed by atoms with Crippen LogP contribution in [0.4, 0.5) is 18.9 Å². The fourth-order valence-corrected chi connectivity index (χ4v) is 1.85. The van der Waals surface area contributed by atoms with Crippen molar-refractivity contribution in [3.8, 4) is 11.3 Å². The third-order valence-electron chi connectivity index (χ3n) is 2.50. The van der Waals surface area contributed by atoms with Gasteiger partial charge in [0.25, 0.3) is 5.69 Å². The average molecular weight is 303 g/mol. The Labute approximate surface area is 116 Å². The summed E-state index contributed by atoms with van der Waals surface area (Å²) >= 11 is 5.77. The highest BCUT2D eigenvalue weighted by Gasteiger charge is 2.31. The largest absolute Gasteiger partial charge is 0.417 e. The topological polar surface area (TPSA) is 56.0 Å². The van der Waals surface area contributed by atoms with E-state index in [1.165, 1.54) is 24.3 Å². The Morgan fingerprint density at radius 3 is 2.50 bits per heavy atom. The van der Waals surface area contributed by atoms with E-state index >= 15 is 0 Å². The highest BCUT2D eigenvalue weighted by molar-refractivity contribution is 6.33. The molecule has 20 heavy (non-hydrogen) atoms. The SMILES string of the molecule is O=[N+]([O-])c1cccc(-c2ncc(C(F)(F)F)cc2Cl)c1. The van der Waals surface area contributed by atoms with Gasteiger partial charge < -0.3 is 0 Å².